The van der Waals surface area contributed by atoms with Crippen LogP contribution in [0.2, 0.25) is 0 Å². The molecule has 0 spiro atoms. The van der Waals surface area contributed by atoms with Crippen molar-refractivity contribution in [2.75, 3.05) is 13.1 Å². The second-order valence-corrected chi connectivity index (χ2v) is 5.28. The summed E-state index contributed by atoms with van der Waals surface area (Å²) < 4.78 is 0. The van der Waals surface area contributed by atoms with Crippen LogP contribution in [0.1, 0.15) is 45.4 Å². The molecule has 1 saturated carbocycles. The monoisotopic (exact) mass is 224 g/mol. The van der Waals surface area contributed by atoms with Crippen molar-refractivity contribution in [3.8, 4) is 0 Å². The molecule has 1 unspecified atom stereocenters. The summed E-state index contributed by atoms with van der Waals surface area (Å²) in [6.07, 6.45) is 7.78. The molecule has 0 aromatic heterocycles. The molecule has 0 aromatic rings. The maximum atomic E-state index is 11.9. The highest BCUT2D eigenvalue weighted by atomic mass is 16.2. The highest BCUT2D eigenvalue weighted by Crippen LogP contribution is 2.27. The summed E-state index contributed by atoms with van der Waals surface area (Å²) in [7, 11) is 0. The Balaban J connectivity index is 1.81. The van der Waals surface area contributed by atoms with E-state index in [1.807, 2.05) is 0 Å². The highest BCUT2D eigenvalue weighted by molar-refractivity contribution is 5.80. The van der Waals surface area contributed by atoms with Crippen molar-refractivity contribution in [1.82, 2.24) is 10.6 Å². The fourth-order valence-corrected chi connectivity index (χ4v) is 2.86. The number of amides is 1. The van der Waals surface area contributed by atoms with Gasteiger partial charge in [0.15, 0.2) is 0 Å². The molecule has 0 radical (unpaired) electrons. The topological polar surface area (TPSA) is 41.1 Å². The normalized spacial score (nSPS) is 24.8. The molecular formula is C13H24N2O. The summed E-state index contributed by atoms with van der Waals surface area (Å²) in [5.74, 6) is 1.24. The largest absolute Gasteiger partial charge is 0.353 e. The summed E-state index contributed by atoms with van der Waals surface area (Å²) >= 11 is 0. The number of hydrogen-bond acceptors (Lipinski definition) is 2. The van der Waals surface area contributed by atoms with Gasteiger partial charge < -0.3 is 10.6 Å². The van der Waals surface area contributed by atoms with Crippen LogP contribution in [0.25, 0.3) is 0 Å². The first-order chi connectivity index (χ1) is 7.81. The predicted octanol–water partition coefficient (Wildman–Crippen LogP) is 1.68. The average Bonchev–Trinajstić information content (AvgIpc) is 2.24. The molecule has 0 bridgehead atoms. The second-order valence-electron chi connectivity index (χ2n) is 5.28. The van der Waals surface area contributed by atoms with E-state index in [0.29, 0.717) is 6.04 Å². The Morgan fingerprint density at radius 1 is 1.31 bits per heavy atom. The van der Waals surface area contributed by atoms with Crippen molar-refractivity contribution >= 4 is 5.91 Å². The van der Waals surface area contributed by atoms with Gasteiger partial charge >= 0.3 is 0 Å². The molecule has 1 aliphatic heterocycles. The fourth-order valence-electron chi connectivity index (χ4n) is 2.86. The third kappa shape index (κ3) is 2.76. The highest BCUT2D eigenvalue weighted by Gasteiger charge is 2.29. The predicted molar refractivity (Wildman–Crippen MR) is 65.2 cm³/mol. The molecule has 2 aliphatic rings. The summed E-state index contributed by atoms with van der Waals surface area (Å²) in [4.78, 5) is 11.9. The Labute approximate surface area is 98.4 Å². The first kappa shape index (κ1) is 11.9. The van der Waals surface area contributed by atoms with E-state index in [1.54, 1.807) is 0 Å². The summed E-state index contributed by atoms with van der Waals surface area (Å²) in [5, 5.41) is 6.41. The van der Waals surface area contributed by atoms with E-state index in [-0.39, 0.29) is 11.8 Å². The van der Waals surface area contributed by atoms with Crippen LogP contribution in [0.3, 0.4) is 0 Å². The van der Waals surface area contributed by atoms with Gasteiger partial charge in [0.25, 0.3) is 0 Å². The van der Waals surface area contributed by atoms with Crippen LogP contribution in [0.4, 0.5) is 0 Å². The lowest BCUT2D eigenvalue weighted by Gasteiger charge is -2.33. The number of nitrogens with one attached hydrogen (secondary N) is 2. The van der Waals surface area contributed by atoms with Gasteiger partial charge in [-0.05, 0) is 25.2 Å². The minimum Gasteiger partial charge on any atom is -0.353 e. The smallest absolute Gasteiger partial charge is 0.225 e. The van der Waals surface area contributed by atoms with Crippen molar-refractivity contribution in [3.63, 3.8) is 0 Å². The fraction of sp³-hybridized carbons (Fsp3) is 0.923. The summed E-state index contributed by atoms with van der Waals surface area (Å²) in [6.45, 7) is 3.93. The van der Waals surface area contributed by atoms with Crippen LogP contribution in [-0.4, -0.2) is 25.0 Å². The van der Waals surface area contributed by atoms with Gasteiger partial charge in [-0.3, -0.25) is 4.79 Å². The molecular weight excluding hydrogens is 200 g/mol. The first-order valence-electron chi connectivity index (χ1n) is 6.82. The van der Waals surface area contributed by atoms with Gasteiger partial charge in [0.2, 0.25) is 5.91 Å². The van der Waals surface area contributed by atoms with E-state index in [1.165, 1.54) is 32.1 Å². The number of hydrogen-bond donors (Lipinski definition) is 2. The Morgan fingerprint density at radius 3 is 2.50 bits per heavy atom. The minimum atomic E-state index is 0.234. The van der Waals surface area contributed by atoms with Gasteiger partial charge in [-0.15, -0.1) is 0 Å². The molecule has 1 heterocycles. The quantitative estimate of drug-likeness (QED) is 0.763. The Bertz CT molecular complexity index is 232. The molecule has 1 amide bonds. The number of carbonyl (C=O) groups is 1. The minimum absolute atomic E-state index is 0.234. The van der Waals surface area contributed by atoms with Crippen molar-refractivity contribution in [2.45, 2.75) is 51.5 Å². The van der Waals surface area contributed by atoms with Crippen LogP contribution in [0.5, 0.6) is 0 Å². The molecule has 0 aromatic carbocycles. The molecule has 16 heavy (non-hydrogen) atoms. The summed E-state index contributed by atoms with van der Waals surface area (Å²) in [6, 6.07) is 0.424. The van der Waals surface area contributed by atoms with E-state index >= 15 is 0 Å². The molecule has 3 nitrogen and oxygen atoms in total. The van der Waals surface area contributed by atoms with Crippen LogP contribution < -0.4 is 10.6 Å². The lowest BCUT2D eigenvalue weighted by Crippen LogP contribution is -2.53. The van der Waals surface area contributed by atoms with Crippen molar-refractivity contribution in [1.29, 1.82) is 0 Å². The van der Waals surface area contributed by atoms with Gasteiger partial charge in [-0.25, -0.2) is 0 Å². The molecule has 2 N–H and O–H groups in total. The van der Waals surface area contributed by atoms with E-state index < -0.39 is 0 Å². The lowest BCUT2D eigenvalue weighted by molar-refractivity contribution is -0.127. The van der Waals surface area contributed by atoms with Crippen LogP contribution in [-0.2, 0) is 4.79 Å². The molecule has 1 aliphatic carbocycles. The Morgan fingerprint density at radius 2 is 2.00 bits per heavy atom. The van der Waals surface area contributed by atoms with Crippen molar-refractivity contribution in [2.24, 2.45) is 11.8 Å². The van der Waals surface area contributed by atoms with Gasteiger partial charge in [0, 0.05) is 19.1 Å². The van der Waals surface area contributed by atoms with Gasteiger partial charge in [0.1, 0.15) is 0 Å². The van der Waals surface area contributed by atoms with E-state index in [2.05, 4.69) is 17.6 Å². The molecule has 3 heteroatoms. The molecule has 1 atom stereocenters. The zero-order chi connectivity index (χ0) is 11.4. The summed E-state index contributed by atoms with van der Waals surface area (Å²) in [5.41, 5.74) is 0. The first-order valence-corrected chi connectivity index (χ1v) is 6.82. The van der Waals surface area contributed by atoms with Crippen molar-refractivity contribution < 1.29 is 4.79 Å². The number of rotatable bonds is 4. The zero-order valence-corrected chi connectivity index (χ0v) is 10.3. The lowest BCUT2D eigenvalue weighted by atomic mass is 9.82. The van der Waals surface area contributed by atoms with E-state index in [9.17, 15) is 4.79 Å². The SMILES string of the molecule is CCC(NC(=O)C1CNC1)C1CCCCC1. The third-order valence-electron chi connectivity index (χ3n) is 4.14. The van der Waals surface area contributed by atoms with Crippen molar-refractivity contribution in [3.05, 3.63) is 0 Å². The molecule has 92 valence electrons. The van der Waals surface area contributed by atoms with Gasteiger partial charge in [0.05, 0.1) is 5.92 Å². The van der Waals surface area contributed by atoms with E-state index in [0.717, 1.165) is 25.4 Å². The van der Waals surface area contributed by atoms with Crippen LogP contribution in [0, 0.1) is 11.8 Å². The third-order valence-corrected chi connectivity index (χ3v) is 4.14. The zero-order valence-electron chi connectivity index (χ0n) is 10.3. The van der Waals surface area contributed by atoms with Gasteiger partial charge in [-0.1, -0.05) is 26.2 Å². The van der Waals surface area contributed by atoms with Crippen LogP contribution in [0.15, 0.2) is 0 Å². The average molecular weight is 224 g/mol. The number of carbonyl (C=O) groups excluding carboxylic acids is 1. The molecule has 1 saturated heterocycles. The molecule has 2 fully saturated rings. The maximum absolute atomic E-state index is 11.9. The molecule has 2 rings (SSSR count). The van der Waals surface area contributed by atoms with Gasteiger partial charge in [-0.2, -0.15) is 0 Å². The maximum Gasteiger partial charge on any atom is 0.225 e. The Hall–Kier alpha value is -0.570. The second kappa shape index (κ2) is 5.67. The van der Waals surface area contributed by atoms with Crippen LogP contribution >= 0.6 is 0 Å². The Kier molecular flexibility index (Phi) is 4.22. The standard InChI is InChI=1S/C13H24N2O/c1-2-12(10-6-4-3-5-7-10)15-13(16)11-8-14-9-11/h10-12,14H,2-9H2,1H3,(H,15,16). The van der Waals surface area contributed by atoms with E-state index in [4.69, 9.17) is 0 Å².